The number of carbonyl (C=O) groups excluding carboxylic acids is 1. The second kappa shape index (κ2) is 10.3. The van der Waals surface area contributed by atoms with Crippen LogP contribution >= 0.6 is 11.6 Å². The molecule has 2 amide bonds. The van der Waals surface area contributed by atoms with E-state index in [4.69, 9.17) is 21.4 Å². The highest BCUT2D eigenvalue weighted by Gasteiger charge is 2.22. The van der Waals surface area contributed by atoms with Crippen LogP contribution in [0.2, 0.25) is 5.02 Å². The first kappa shape index (κ1) is 25.1. The lowest BCUT2D eigenvalue weighted by Gasteiger charge is -2.11. The van der Waals surface area contributed by atoms with Crippen molar-refractivity contribution in [1.82, 2.24) is 14.3 Å². The Kier molecular flexibility index (Phi) is 7.16. The van der Waals surface area contributed by atoms with Crippen LogP contribution in [0, 0.1) is 5.82 Å². The van der Waals surface area contributed by atoms with Gasteiger partial charge in [-0.2, -0.15) is 5.10 Å². The second-order valence-corrected chi connectivity index (χ2v) is 8.46. The standard InChI is InChI=1S/C25H25ClFN5O4/c1-4-8-31-13-15(12-28-31)32-20(5-2)23(17-10-22(36-3)18(26)11-21(17)32)30-25(35)29-14-6-7-19(27)16(9-14)24(33)34/h6-7,9-13H,4-5,8H2,1-3H3,(H,33,34)(H2,29,30,35). The molecule has 4 rings (SSSR count). The largest absolute Gasteiger partial charge is 0.495 e. The van der Waals surface area contributed by atoms with E-state index in [1.807, 2.05) is 22.4 Å². The van der Waals surface area contributed by atoms with Crippen LogP contribution in [-0.2, 0) is 13.0 Å². The molecule has 2 heterocycles. The summed E-state index contributed by atoms with van der Waals surface area (Å²) in [5, 5.41) is 20.2. The molecule has 2 aromatic carbocycles. The average Bonchev–Trinajstić information content (AvgIpc) is 3.41. The number of nitrogens with zero attached hydrogens (tertiary/aromatic N) is 3. The number of amides is 2. The number of nitrogens with one attached hydrogen (secondary N) is 2. The van der Waals surface area contributed by atoms with Crippen molar-refractivity contribution in [3.8, 4) is 11.4 Å². The number of aryl methyl sites for hydroxylation is 1. The van der Waals surface area contributed by atoms with Crippen molar-refractivity contribution in [3.63, 3.8) is 0 Å². The van der Waals surface area contributed by atoms with Crippen LogP contribution < -0.4 is 15.4 Å². The van der Waals surface area contributed by atoms with Crippen molar-refractivity contribution < 1.29 is 23.8 Å². The van der Waals surface area contributed by atoms with E-state index in [1.165, 1.54) is 13.2 Å². The molecule has 0 radical (unpaired) electrons. The number of ether oxygens (including phenoxy) is 1. The molecule has 0 bridgehead atoms. The maximum Gasteiger partial charge on any atom is 0.338 e. The van der Waals surface area contributed by atoms with Crippen LogP contribution in [0.15, 0.2) is 42.7 Å². The van der Waals surface area contributed by atoms with E-state index in [9.17, 15) is 14.0 Å². The highest BCUT2D eigenvalue weighted by molar-refractivity contribution is 6.33. The van der Waals surface area contributed by atoms with Gasteiger partial charge in [0.05, 0.1) is 40.8 Å². The third-order valence-electron chi connectivity index (χ3n) is 5.70. The van der Waals surface area contributed by atoms with Crippen LogP contribution in [0.4, 0.5) is 20.6 Å². The first-order chi connectivity index (χ1) is 17.3. The van der Waals surface area contributed by atoms with Crippen LogP contribution in [0.5, 0.6) is 5.75 Å². The van der Waals surface area contributed by atoms with Crippen molar-refractivity contribution in [2.24, 2.45) is 0 Å². The second-order valence-electron chi connectivity index (χ2n) is 8.06. The quantitative estimate of drug-likeness (QED) is 0.270. The maximum atomic E-state index is 13.8. The number of rotatable bonds is 8. The first-order valence-electron chi connectivity index (χ1n) is 11.3. The van der Waals surface area contributed by atoms with Gasteiger partial charge in [-0.25, -0.2) is 14.0 Å². The van der Waals surface area contributed by atoms with Gasteiger partial charge in [-0.15, -0.1) is 0 Å². The minimum atomic E-state index is -1.43. The van der Waals surface area contributed by atoms with E-state index in [-0.39, 0.29) is 5.69 Å². The molecule has 11 heteroatoms. The molecule has 0 aliphatic carbocycles. The van der Waals surface area contributed by atoms with Gasteiger partial charge in [0.1, 0.15) is 11.6 Å². The van der Waals surface area contributed by atoms with Crippen molar-refractivity contribution in [2.45, 2.75) is 33.2 Å². The number of halogens is 2. The highest BCUT2D eigenvalue weighted by atomic mass is 35.5. The number of aromatic nitrogens is 3. The van der Waals surface area contributed by atoms with E-state index in [0.717, 1.165) is 42.0 Å². The normalized spacial score (nSPS) is 11.0. The maximum absolute atomic E-state index is 13.8. The molecule has 0 saturated heterocycles. The summed E-state index contributed by atoms with van der Waals surface area (Å²) in [7, 11) is 1.51. The van der Waals surface area contributed by atoms with E-state index >= 15 is 0 Å². The highest BCUT2D eigenvalue weighted by Crippen LogP contribution is 2.39. The van der Waals surface area contributed by atoms with Crippen LogP contribution in [0.25, 0.3) is 16.6 Å². The van der Waals surface area contributed by atoms with E-state index in [0.29, 0.717) is 28.3 Å². The topological polar surface area (TPSA) is 110 Å². The summed E-state index contributed by atoms with van der Waals surface area (Å²) in [6, 6.07) is 6.24. The zero-order valence-corrected chi connectivity index (χ0v) is 20.7. The molecule has 0 atom stereocenters. The number of fused-ring (bicyclic) bond motifs is 1. The number of urea groups is 1. The van der Waals surface area contributed by atoms with Crippen molar-refractivity contribution >= 4 is 45.9 Å². The Hall–Kier alpha value is -4.05. The summed E-state index contributed by atoms with van der Waals surface area (Å²) in [6.45, 7) is 4.79. The molecule has 0 fully saturated rings. The van der Waals surface area contributed by atoms with Gasteiger partial charge in [-0.3, -0.25) is 4.68 Å². The number of hydrogen-bond donors (Lipinski definition) is 3. The minimum absolute atomic E-state index is 0.134. The summed E-state index contributed by atoms with van der Waals surface area (Å²) in [4.78, 5) is 24.2. The molecule has 188 valence electrons. The number of aromatic carboxylic acids is 1. The van der Waals surface area contributed by atoms with E-state index < -0.39 is 23.4 Å². The van der Waals surface area contributed by atoms with Gasteiger partial charge in [-0.1, -0.05) is 25.4 Å². The fraction of sp³-hybridized carbons (Fsp3) is 0.240. The Labute approximate surface area is 211 Å². The fourth-order valence-electron chi connectivity index (χ4n) is 4.13. The van der Waals surface area contributed by atoms with Gasteiger partial charge < -0.3 is 25.0 Å². The fourth-order valence-corrected chi connectivity index (χ4v) is 4.36. The SMILES string of the molecule is CCCn1cc(-n2c(CC)c(NC(=O)Nc3ccc(F)c(C(=O)O)c3)c3cc(OC)c(Cl)cc32)cn1. The van der Waals surface area contributed by atoms with Crippen LogP contribution in [-0.4, -0.2) is 38.6 Å². The third kappa shape index (κ3) is 4.72. The minimum Gasteiger partial charge on any atom is -0.495 e. The number of anilines is 2. The number of benzene rings is 2. The summed E-state index contributed by atoms with van der Waals surface area (Å²) in [5.41, 5.74) is 2.48. The smallest absolute Gasteiger partial charge is 0.338 e. The number of hydrogen-bond acceptors (Lipinski definition) is 4. The Morgan fingerprint density at radius 3 is 2.64 bits per heavy atom. The van der Waals surface area contributed by atoms with Gasteiger partial charge in [0, 0.05) is 29.5 Å². The Balaban J connectivity index is 1.79. The molecule has 0 unspecified atom stereocenters. The zero-order chi connectivity index (χ0) is 26.0. The molecule has 4 aromatic rings. The molecule has 0 aliphatic heterocycles. The Morgan fingerprint density at radius 1 is 1.19 bits per heavy atom. The molecule has 2 aromatic heterocycles. The molecule has 36 heavy (non-hydrogen) atoms. The summed E-state index contributed by atoms with van der Waals surface area (Å²) in [6.07, 6.45) is 5.16. The zero-order valence-electron chi connectivity index (χ0n) is 19.9. The number of carboxylic acid groups (broad SMARTS) is 1. The molecule has 0 spiro atoms. The van der Waals surface area contributed by atoms with Crippen molar-refractivity contribution in [3.05, 3.63) is 64.8 Å². The third-order valence-corrected chi connectivity index (χ3v) is 5.99. The number of carbonyl (C=O) groups is 2. The average molecular weight is 514 g/mol. The van der Waals surface area contributed by atoms with Gasteiger partial charge in [0.2, 0.25) is 0 Å². The molecule has 3 N–H and O–H groups in total. The predicted octanol–water partition coefficient (Wildman–Crippen LogP) is 5.94. The summed E-state index contributed by atoms with van der Waals surface area (Å²) in [5.74, 6) is -1.88. The van der Waals surface area contributed by atoms with E-state index in [1.54, 1.807) is 18.3 Å². The molecule has 0 saturated carbocycles. The Bertz CT molecular complexity index is 1460. The van der Waals surface area contributed by atoms with Crippen molar-refractivity contribution in [2.75, 3.05) is 17.7 Å². The van der Waals surface area contributed by atoms with Crippen LogP contribution in [0.3, 0.4) is 0 Å². The molecular formula is C25H25ClFN5O4. The lowest BCUT2D eigenvalue weighted by atomic mass is 10.2. The molecule has 0 aliphatic rings. The molecular weight excluding hydrogens is 489 g/mol. The van der Waals surface area contributed by atoms with E-state index in [2.05, 4.69) is 22.7 Å². The summed E-state index contributed by atoms with van der Waals surface area (Å²) < 4.78 is 23.0. The lowest BCUT2D eigenvalue weighted by molar-refractivity contribution is 0.0692. The molecule has 9 nitrogen and oxygen atoms in total. The summed E-state index contributed by atoms with van der Waals surface area (Å²) >= 11 is 6.45. The number of carboxylic acids is 1. The van der Waals surface area contributed by atoms with Crippen LogP contribution in [0.1, 0.15) is 36.3 Å². The number of methoxy groups -OCH3 is 1. The predicted molar refractivity (Wildman–Crippen MR) is 136 cm³/mol. The monoisotopic (exact) mass is 513 g/mol. The van der Waals surface area contributed by atoms with Gasteiger partial charge >= 0.3 is 12.0 Å². The Morgan fingerprint density at radius 2 is 1.97 bits per heavy atom. The van der Waals surface area contributed by atoms with Gasteiger partial charge in [0.15, 0.2) is 0 Å². The van der Waals surface area contributed by atoms with Crippen molar-refractivity contribution in [1.29, 1.82) is 0 Å². The van der Waals surface area contributed by atoms with Gasteiger partial charge in [-0.05, 0) is 43.2 Å². The lowest BCUT2D eigenvalue weighted by Crippen LogP contribution is -2.20. The first-order valence-corrected chi connectivity index (χ1v) is 11.7. The van der Waals surface area contributed by atoms with Gasteiger partial charge in [0.25, 0.3) is 0 Å².